The second kappa shape index (κ2) is 4.18. The van der Waals surface area contributed by atoms with Gasteiger partial charge in [0.15, 0.2) is 0 Å². The minimum absolute atomic E-state index is 0.407. The number of aromatic nitrogens is 1. The fourth-order valence-electron chi connectivity index (χ4n) is 1.40. The zero-order chi connectivity index (χ0) is 12.5. The summed E-state index contributed by atoms with van der Waals surface area (Å²) in [5.41, 5.74) is -0.828. The van der Waals surface area contributed by atoms with E-state index in [2.05, 4.69) is 0 Å². The lowest BCUT2D eigenvalue weighted by Crippen LogP contribution is -2.33. The maximum atomic E-state index is 11.7. The average Bonchev–Trinajstić information content (AvgIpc) is 2.16. The lowest BCUT2D eigenvalue weighted by molar-refractivity contribution is -0.140. The summed E-state index contributed by atoms with van der Waals surface area (Å²) in [5, 5.41) is 17.5. The molecule has 0 amide bonds. The van der Waals surface area contributed by atoms with Gasteiger partial charge in [0.25, 0.3) is 5.56 Å². The first-order chi connectivity index (χ1) is 7.36. The quantitative estimate of drug-likeness (QED) is 0.780. The number of aromatic carboxylic acids is 1. The zero-order valence-corrected chi connectivity index (χ0v) is 8.80. The molecule has 1 aromatic heterocycles. The van der Waals surface area contributed by atoms with Crippen molar-refractivity contribution in [3.8, 4) is 0 Å². The van der Waals surface area contributed by atoms with Crippen LogP contribution in [0.5, 0.6) is 0 Å². The van der Waals surface area contributed by atoms with Crippen LogP contribution in [0.4, 0.5) is 0 Å². The van der Waals surface area contributed by atoms with Crippen molar-refractivity contribution < 1.29 is 19.8 Å². The monoisotopic (exact) mass is 225 g/mol. The number of carboxylic acids is 2. The molecule has 6 heteroatoms. The highest BCUT2D eigenvalue weighted by Crippen LogP contribution is 2.07. The highest BCUT2D eigenvalue weighted by atomic mass is 16.4. The van der Waals surface area contributed by atoms with E-state index in [0.29, 0.717) is 5.69 Å². The van der Waals surface area contributed by atoms with Crippen molar-refractivity contribution >= 4 is 11.9 Å². The molecule has 0 aliphatic carbocycles. The van der Waals surface area contributed by atoms with Gasteiger partial charge in [0.05, 0.1) is 0 Å². The molecule has 0 saturated carbocycles. The summed E-state index contributed by atoms with van der Waals surface area (Å²) in [6.45, 7) is 2.87. The number of nitrogens with zero attached hydrogens (tertiary/aromatic N) is 1. The second-order valence-corrected chi connectivity index (χ2v) is 3.38. The number of carbonyl (C=O) groups is 2. The third kappa shape index (κ3) is 1.95. The van der Waals surface area contributed by atoms with Crippen LogP contribution < -0.4 is 5.56 Å². The van der Waals surface area contributed by atoms with Crippen molar-refractivity contribution in [3.05, 3.63) is 33.7 Å². The number of rotatable bonds is 3. The molecule has 0 aliphatic rings. The van der Waals surface area contributed by atoms with Crippen LogP contribution in [0, 0.1) is 6.92 Å². The van der Waals surface area contributed by atoms with Gasteiger partial charge >= 0.3 is 11.9 Å². The lowest BCUT2D eigenvalue weighted by Gasteiger charge is -2.14. The van der Waals surface area contributed by atoms with E-state index in [1.807, 2.05) is 0 Å². The van der Waals surface area contributed by atoms with E-state index in [9.17, 15) is 14.4 Å². The van der Waals surface area contributed by atoms with E-state index in [4.69, 9.17) is 10.2 Å². The van der Waals surface area contributed by atoms with Crippen molar-refractivity contribution in [1.82, 2.24) is 4.57 Å². The van der Waals surface area contributed by atoms with Gasteiger partial charge in [-0.1, -0.05) is 0 Å². The number of aliphatic carboxylic acids is 1. The van der Waals surface area contributed by atoms with E-state index in [-0.39, 0.29) is 0 Å². The van der Waals surface area contributed by atoms with Gasteiger partial charge in [0.2, 0.25) is 0 Å². The first-order valence-electron chi connectivity index (χ1n) is 4.54. The first-order valence-corrected chi connectivity index (χ1v) is 4.54. The molecule has 1 atom stereocenters. The predicted molar refractivity (Wildman–Crippen MR) is 54.7 cm³/mol. The highest BCUT2D eigenvalue weighted by molar-refractivity contribution is 5.87. The summed E-state index contributed by atoms with van der Waals surface area (Å²) in [6, 6.07) is 1.49. The molecule has 0 aromatic carbocycles. The zero-order valence-electron chi connectivity index (χ0n) is 8.80. The summed E-state index contributed by atoms with van der Waals surface area (Å²) in [6.07, 6.45) is 0. The van der Waals surface area contributed by atoms with E-state index in [1.165, 1.54) is 19.1 Å². The van der Waals surface area contributed by atoms with E-state index in [0.717, 1.165) is 4.57 Å². The van der Waals surface area contributed by atoms with Gasteiger partial charge in [0.1, 0.15) is 11.6 Å². The normalized spacial score (nSPS) is 12.1. The fraction of sp³-hybridized carbons (Fsp3) is 0.300. The summed E-state index contributed by atoms with van der Waals surface area (Å²) in [4.78, 5) is 33.2. The van der Waals surface area contributed by atoms with E-state index >= 15 is 0 Å². The molecule has 86 valence electrons. The minimum Gasteiger partial charge on any atom is -0.480 e. The van der Waals surface area contributed by atoms with Crippen LogP contribution in [0.2, 0.25) is 0 Å². The molecule has 1 rings (SSSR count). The molecule has 1 aromatic rings. The first kappa shape index (κ1) is 12.0. The fourth-order valence-corrected chi connectivity index (χ4v) is 1.40. The van der Waals surface area contributed by atoms with Crippen molar-refractivity contribution in [2.45, 2.75) is 19.9 Å². The van der Waals surface area contributed by atoms with Gasteiger partial charge < -0.3 is 10.2 Å². The Hall–Kier alpha value is -2.11. The molecule has 2 N–H and O–H groups in total. The molecule has 0 saturated heterocycles. The van der Waals surface area contributed by atoms with Crippen molar-refractivity contribution in [3.63, 3.8) is 0 Å². The van der Waals surface area contributed by atoms with Crippen LogP contribution in [0.15, 0.2) is 16.9 Å². The van der Waals surface area contributed by atoms with Crippen molar-refractivity contribution in [1.29, 1.82) is 0 Å². The highest BCUT2D eigenvalue weighted by Gasteiger charge is 2.20. The molecule has 0 fully saturated rings. The smallest absolute Gasteiger partial charge is 0.341 e. The molecule has 6 nitrogen and oxygen atoms in total. The Labute approximate surface area is 90.8 Å². The van der Waals surface area contributed by atoms with E-state index < -0.39 is 29.1 Å². The SMILES string of the molecule is Cc1ccc(C(=O)O)c(=O)n1C(C)C(=O)O. The van der Waals surface area contributed by atoms with Gasteiger partial charge in [-0.15, -0.1) is 0 Å². The maximum absolute atomic E-state index is 11.7. The Morgan fingerprint density at radius 3 is 2.31 bits per heavy atom. The van der Waals surface area contributed by atoms with Crippen LogP contribution in [-0.2, 0) is 4.79 Å². The van der Waals surface area contributed by atoms with Gasteiger partial charge in [-0.05, 0) is 26.0 Å². The second-order valence-electron chi connectivity index (χ2n) is 3.38. The summed E-state index contributed by atoms with van der Waals surface area (Å²) in [7, 11) is 0. The largest absolute Gasteiger partial charge is 0.480 e. The Morgan fingerprint density at radius 2 is 1.88 bits per heavy atom. The molecule has 0 aliphatic heterocycles. The average molecular weight is 225 g/mol. The molecule has 0 radical (unpaired) electrons. The molecule has 16 heavy (non-hydrogen) atoms. The van der Waals surface area contributed by atoms with E-state index in [1.54, 1.807) is 6.92 Å². The summed E-state index contributed by atoms with van der Waals surface area (Å²) in [5.74, 6) is -2.55. The van der Waals surface area contributed by atoms with Gasteiger partial charge in [-0.2, -0.15) is 0 Å². The topological polar surface area (TPSA) is 96.6 Å². The molecular formula is C10H11NO5. The molecule has 1 unspecified atom stereocenters. The minimum atomic E-state index is -1.36. The van der Waals surface area contributed by atoms with Gasteiger partial charge in [-0.25, -0.2) is 9.59 Å². The van der Waals surface area contributed by atoms with Gasteiger partial charge in [0, 0.05) is 5.69 Å². The molecule has 0 spiro atoms. The van der Waals surface area contributed by atoms with Crippen LogP contribution in [0.25, 0.3) is 0 Å². The molecular weight excluding hydrogens is 214 g/mol. The van der Waals surface area contributed by atoms with Crippen molar-refractivity contribution in [2.75, 3.05) is 0 Å². The van der Waals surface area contributed by atoms with Crippen LogP contribution in [0.3, 0.4) is 0 Å². The number of hydrogen-bond donors (Lipinski definition) is 2. The Balaban J connectivity index is 3.50. The Kier molecular flexibility index (Phi) is 3.12. The molecule has 1 heterocycles. The standard InChI is InChI=1S/C10H11NO5/c1-5-3-4-7(10(15)16)8(12)11(5)6(2)9(13)14/h3-4,6H,1-2H3,(H,13,14)(H,15,16). The summed E-state index contributed by atoms with van der Waals surface area (Å²) < 4.78 is 0.950. The summed E-state index contributed by atoms with van der Waals surface area (Å²) >= 11 is 0. The Morgan fingerprint density at radius 1 is 1.31 bits per heavy atom. The number of hydrogen-bond acceptors (Lipinski definition) is 3. The van der Waals surface area contributed by atoms with Gasteiger partial charge in [-0.3, -0.25) is 9.36 Å². The number of pyridine rings is 1. The molecule has 0 bridgehead atoms. The maximum Gasteiger partial charge on any atom is 0.341 e. The number of aryl methyl sites for hydroxylation is 1. The predicted octanol–water partition coefficient (Wildman–Crippen LogP) is 0.501. The third-order valence-corrected chi connectivity index (χ3v) is 2.30. The third-order valence-electron chi connectivity index (χ3n) is 2.30. The van der Waals surface area contributed by atoms with Crippen LogP contribution >= 0.6 is 0 Å². The number of carboxylic acid groups (broad SMARTS) is 2. The van der Waals surface area contributed by atoms with Crippen LogP contribution in [0.1, 0.15) is 29.0 Å². The van der Waals surface area contributed by atoms with Crippen LogP contribution in [-0.4, -0.2) is 26.7 Å². The van der Waals surface area contributed by atoms with Crippen molar-refractivity contribution in [2.24, 2.45) is 0 Å². The Bertz CT molecular complexity index is 502. The lowest BCUT2D eigenvalue weighted by atomic mass is 10.2.